The zero-order valence-corrected chi connectivity index (χ0v) is 17.1. The van der Waals surface area contributed by atoms with E-state index in [0.717, 1.165) is 29.0 Å². The third kappa shape index (κ3) is 4.01. The number of imide groups is 1. The normalized spacial score (nSPS) is 14.3. The van der Waals surface area contributed by atoms with E-state index in [2.05, 4.69) is 5.32 Å². The fraction of sp³-hybridized carbons (Fsp3) is 0.120. The molecule has 1 aliphatic heterocycles. The number of alkyl halides is 3. The zero-order chi connectivity index (χ0) is 22.9. The summed E-state index contributed by atoms with van der Waals surface area (Å²) in [5.74, 6) is -1.17. The van der Waals surface area contributed by atoms with E-state index in [-0.39, 0.29) is 17.0 Å². The molecule has 0 fully saturated rings. The van der Waals surface area contributed by atoms with Crippen LogP contribution in [0.3, 0.4) is 0 Å². The molecule has 1 N–H and O–H groups in total. The van der Waals surface area contributed by atoms with Crippen molar-refractivity contribution >= 4 is 28.8 Å². The highest BCUT2D eigenvalue weighted by atomic mass is 19.4. The van der Waals surface area contributed by atoms with Crippen LogP contribution in [0.5, 0.6) is 0 Å². The minimum atomic E-state index is -4.53. The van der Waals surface area contributed by atoms with Crippen molar-refractivity contribution in [3.05, 3.63) is 101 Å². The molecule has 7 heteroatoms. The summed E-state index contributed by atoms with van der Waals surface area (Å²) >= 11 is 0. The van der Waals surface area contributed by atoms with Crippen molar-refractivity contribution < 1.29 is 22.8 Å². The summed E-state index contributed by atoms with van der Waals surface area (Å²) in [6.45, 7) is 1.99. The van der Waals surface area contributed by atoms with E-state index < -0.39 is 23.6 Å². The maximum Gasteiger partial charge on any atom is 0.416 e. The fourth-order valence-corrected chi connectivity index (χ4v) is 3.55. The number of halogens is 3. The number of hydrogen-bond donors (Lipinski definition) is 1. The highest BCUT2D eigenvalue weighted by Crippen LogP contribution is 2.35. The van der Waals surface area contributed by atoms with Gasteiger partial charge in [0.05, 0.1) is 16.8 Å². The number of nitrogens with one attached hydrogen (secondary N) is 1. The maximum atomic E-state index is 13.3. The molecule has 0 unspecified atom stereocenters. The van der Waals surface area contributed by atoms with Crippen LogP contribution in [-0.4, -0.2) is 11.8 Å². The molecular weight excluding hydrogens is 417 g/mol. The molecule has 162 valence electrons. The minimum Gasteiger partial charge on any atom is -0.350 e. The van der Waals surface area contributed by atoms with Gasteiger partial charge in [-0.25, -0.2) is 4.90 Å². The second-order valence-electron chi connectivity index (χ2n) is 7.29. The number of nitrogens with zero attached hydrogens (tertiary/aromatic N) is 1. The molecule has 0 aromatic heterocycles. The molecule has 0 aliphatic carbocycles. The van der Waals surface area contributed by atoms with Gasteiger partial charge in [0.1, 0.15) is 5.70 Å². The standard InChI is InChI=1S/C25H19F3N2O2/c1-2-16-11-13-20(14-12-16)30-23(31)21(17-7-4-3-5-8-17)22(24(30)32)29-19-10-6-9-18(15-19)25(26,27)28/h3-15,29H,2H2,1H3. The lowest BCUT2D eigenvalue weighted by Gasteiger charge is -2.16. The molecule has 0 atom stereocenters. The summed E-state index contributed by atoms with van der Waals surface area (Å²) in [7, 11) is 0. The summed E-state index contributed by atoms with van der Waals surface area (Å²) in [6.07, 6.45) is -3.73. The Bertz CT molecular complexity index is 1200. The number of rotatable bonds is 5. The number of carbonyl (C=O) groups excluding carboxylic acids is 2. The predicted octanol–water partition coefficient (Wildman–Crippen LogP) is 5.66. The minimum absolute atomic E-state index is 0.0626. The first-order valence-electron chi connectivity index (χ1n) is 10.0. The Kier molecular flexibility index (Phi) is 5.57. The first-order valence-corrected chi connectivity index (χ1v) is 10.0. The molecule has 4 rings (SSSR count). The van der Waals surface area contributed by atoms with E-state index in [1.807, 2.05) is 19.1 Å². The Morgan fingerprint density at radius 1 is 0.844 bits per heavy atom. The van der Waals surface area contributed by atoms with Gasteiger partial charge >= 0.3 is 6.18 Å². The van der Waals surface area contributed by atoms with Gasteiger partial charge in [0.2, 0.25) is 0 Å². The Morgan fingerprint density at radius 3 is 2.16 bits per heavy atom. The first kappa shape index (κ1) is 21.4. The van der Waals surface area contributed by atoms with Crippen LogP contribution >= 0.6 is 0 Å². The zero-order valence-electron chi connectivity index (χ0n) is 17.1. The number of aryl methyl sites for hydroxylation is 1. The third-order valence-electron chi connectivity index (χ3n) is 5.21. The van der Waals surface area contributed by atoms with Crippen LogP contribution in [0.1, 0.15) is 23.6 Å². The molecule has 2 amide bonds. The SMILES string of the molecule is CCc1ccc(N2C(=O)C(Nc3cccc(C(F)(F)F)c3)=C(c3ccccc3)C2=O)cc1. The van der Waals surface area contributed by atoms with Crippen molar-refractivity contribution in [3.63, 3.8) is 0 Å². The summed E-state index contributed by atoms with van der Waals surface area (Å²) in [5, 5.41) is 2.77. The number of hydrogen-bond acceptors (Lipinski definition) is 3. The van der Waals surface area contributed by atoms with Gasteiger partial charge in [0.25, 0.3) is 11.8 Å². The van der Waals surface area contributed by atoms with Crippen molar-refractivity contribution in [2.24, 2.45) is 0 Å². The summed E-state index contributed by atoms with van der Waals surface area (Å²) in [5.41, 5.74) is 1.18. The van der Waals surface area contributed by atoms with Crippen molar-refractivity contribution in [2.75, 3.05) is 10.2 Å². The second kappa shape index (κ2) is 8.34. The topological polar surface area (TPSA) is 49.4 Å². The molecule has 0 saturated carbocycles. The summed E-state index contributed by atoms with van der Waals surface area (Å²) in [4.78, 5) is 27.7. The monoisotopic (exact) mass is 436 g/mol. The van der Waals surface area contributed by atoms with E-state index in [0.29, 0.717) is 11.3 Å². The lowest BCUT2D eigenvalue weighted by Crippen LogP contribution is -2.32. The molecule has 4 nitrogen and oxygen atoms in total. The van der Waals surface area contributed by atoms with Crippen LogP contribution in [0, 0.1) is 0 Å². The number of carbonyl (C=O) groups is 2. The molecular formula is C25H19F3N2O2. The Morgan fingerprint density at radius 2 is 1.53 bits per heavy atom. The molecule has 32 heavy (non-hydrogen) atoms. The fourth-order valence-electron chi connectivity index (χ4n) is 3.55. The van der Waals surface area contributed by atoms with E-state index in [9.17, 15) is 22.8 Å². The molecule has 1 heterocycles. The quantitative estimate of drug-likeness (QED) is 0.525. The van der Waals surface area contributed by atoms with Crippen LogP contribution in [-0.2, 0) is 22.2 Å². The van der Waals surface area contributed by atoms with Gasteiger partial charge in [0.15, 0.2) is 0 Å². The third-order valence-corrected chi connectivity index (χ3v) is 5.21. The number of amides is 2. The van der Waals surface area contributed by atoms with Gasteiger partial charge in [-0.3, -0.25) is 9.59 Å². The van der Waals surface area contributed by atoms with Crippen LogP contribution in [0.4, 0.5) is 24.5 Å². The Labute approximate surface area is 183 Å². The average molecular weight is 436 g/mol. The van der Waals surface area contributed by atoms with Gasteiger partial charge in [-0.05, 0) is 47.9 Å². The van der Waals surface area contributed by atoms with Crippen LogP contribution in [0.2, 0.25) is 0 Å². The van der Waals surface area contributed by atoms with Gasteiger partial charge in [-0.2, -0.15) is 13.2 Å². The van der Waals surface area contributed by atoms with Crippen LogP contribution in [0.15, 0.2) is 84.6 Å². The Hall–Kier alpha value is -3.87. The molecule has 0 radical (unpaired) electrons. The summed E-state index contributed by atoms with van der Waals surface area (Å²) < 4.78 is 39.4. The van der Waals surface area contributed by atoms with Gasteiger partial charge in [-0.1, -0.05) is 55.5 Å². The van der Waals surface area contributed by atoms with Crippen LogP contribution < -0.4 is 10.2 Å². The van der Waals surface area contributed by atoms with Gasteiger partial charge in [0, 0.05) is 5.69 Å². The highest BCUT2D eigenvalue weighted by Gasteiger charge is 2.40. The van der Waals surface area contributed by atoms with E-state index in [1.165, 1.54) is 12.1 Å². The van der Waals surface area contributed by atoms with Crippen molar-refractivity contribution in [1.29, 1.82) is 0 Å². The van der Waals surface area contributed by atoms with E-state index >= 15 is 0 Å². The van der Waals surface area contributed by atoms with Crippen LogP contribution in [0.25, 0.3) is 5.57 Å². The van der Waals surface area contributed by atoms with E-state index in [4.69, 9.17) is 0 Å². The van der Waals surface area contributed by atoms with Crippen molar-refractivity contribution in [3.8, 4) is 0 Å². The van der Waals surface area contributed by atoms with Gasteiger partial charge in [-0.15, -0.1) is 0 Å². The molecule has 0 saturated heterocycles. The highest BCUT2D eigenvalue weighted by molar-refractivity contribution is 6.46. The first-order chi connectivity index (χ1) is 15.3. The lowest BCUT2D eigenvalue weighted by atomic mass is 10.0. The number of benzene rings is 3. The second-order valence-corrected chi connectivity index (χ2v) is 7.29. The average Bonchev–Trinajstić information content (AvgIpc) is 3.03. The molecule has 3 aromatic carbocycles. The van der Waals surface area contributed by atoms with Crippen molar-refractivity contribution in [1.82, 2.24) is 0 Å². The predicted molar refractivity (Wildman–Crippen MR) is 117 cm³/mol. The van der Waals surface area contributed by atoms with E-state index in [1.54, 1.807) is 42.5 Å². The number of anilines is 2. The summed E-state index contributed by atoms with van der Waals surface area (Å²) in [6, 6.07) is 20.1. The molecule has 1 aliphatic rings. The van der Waals surface area contributed by atoms with Gasteiger partial charge < -0.3 is 5.32 Å². The Balaban J connectivity index is 1.78. The largest absolute Gasteiger partial charge is 0.416 e. The maximum absolute atomic E-state index is 13.3. The molecule has 3 aromatic rings. The lowest BCUT2D eigenvalue weighted by molar-refractivity contribution is -0.137. The smallest absolute Gasteiger partial charge is 0.350 e. The molecule has 0 bridgehead atoms. The molecule has 0 spiro atoms. The van der Waals surface area contributed by atoms with Crippen molar-refractivity contribution in [2.45, 2.75) is 19.5 Å².